The topological polar surface area (TPSA) is 114 Å². The minimum atomic E-state index is -1.29. The second kappa shape index (κ2) is 5.68. The smallest absolute Gasteiger partial charge is 0.350 e. The highest BCUT2D eigenvalue weighted by Gasteiger charge is 2.61. The van der Waals surface area contributed by atoms with Crippen LogP contribution < -0.4 is 0 Å². The molecule has 0 bridgehead atoms. The second-order valence-corrected chi connectivity index (χ2v) is 4.58. The summed E-state index contributed by atoms with van der Waals surface area (Å²) in [4.78, 5) is 44.8. The summed E-state index contributed by atoms with van der Waals surface area (Å²) in [7, 11) is 0. The molecule has 0 N–H and O–H groups in total. The molecule has 2 saturated heterocycles. The van der Waals surface area contributed by atoms with Crippen molar-refractivity contribution in [3.63, 3.8) is 0 Å². The number of hydrogen-bond acceptors (Lipinski definition) is 9. The van der Waals surface area contributed by atoms with E-state index in [9.17, 15) is 19.2 Å². The first kappa shape index (κ1) is 15.2. The maximum atomic E-state index is 11.7. The van der Waals surface area contributed by atoms with Crippen LogP contribution in [0.3, 0.4) is 0 Å². The lowest BCUT2D eigenvalue weighted by atomic mass is 10.1. The van der Waals surface area contributed by atoms with Crippen molar-refractivity contribution in [1.29, 1.82) is 0 Å². The van der Waals surface area contributed by atoms with E-state index in [1.165, 1.54) is 0 Å². The van der Waals surface area contributed by atoms with Crippen molar-refractivity contribution in [2.75, 3.05) is 0 Å². The Morgan fingerprint density at radius 3 is 2.00 bits per heavy atom. The largest absolute Gasteiger partial charge is 0.452 e. The van der Waals surface area contributed by atoms with Crippen molar-refractivity contribution in [2.24, 2.45) is 0 Å². The fourth-order valence-electron chi connectivity index (χ4n) is 2.23. The number of rotatable bonds is 3. The van der Waals surface area contributed by atoms with E-state index in [1.807, 2.05) is 0 Å². The summed E-state index contributed by atoms with van der Waals surface area (Å²) in [6, 6.07) is 0. The standard InChI is InChI=1S/C12H14O9/c1-4(13)17-9-7-8(20-11(9)16)10(18-5(2)14)12(21-7)19-6(3)15/h7-10,12H,1-3H3/t7-,8-,9?,10+,12+/m0/s1. The van der Waals surface area contributed by atoms with Gasteiger partial charge in [0.2, 0.25) is 18.5 Å². The van der Waals surface area contributed by atoms with E-state index in [-0.39, 0.29) is 0 Å². The average molecular weight is 302 g/mol. The summed E-state index contributed by atoms with van der Waals surface area (Å²) in [6.45, 7) is 3.43. The number of ether oxygens (including phenoxy) is 5. The molecule has 0 amide bonds. The molecule has 2 rings (SSSR count). The minimum Gasteiger partial charge on any atom is -0.452 e. The van der Waals surface area contributed by atoms with Gasteiger partial charge in [-0.15, -0.1) is 0 Å². The molecule has 0 aromatic carbocycles. The lowest BCUT2D eigenvalue weighted by Crippen LogP contribution is -2.38. The van der Waals surface area contributed by atoms with Gasteiger partial charge >= 0.3 is 23.9 Å². The highest BCUT2D eigenvalue weighted by atomic mass is 16.8. The summed E-state index contributed by atoms with van der Waals surface area (Å²) in [5.74, 6) is -2.82. The van der Waals surface area contributed by atoms with Gasteiger partial charge in [-0.2, -0.15) is 0 Å². The molecule has 9 heteroatoms. The third-order valence-electron chi connectivity index (χ3n) is 2.87. The van der Waals surface area contributed by atoms with Crippen LogP contribution in [-0.2, 0) is 42.9 Å². The van der Waals surface area contributed by atoms with E-state index >= 15 is 0 Å². The van der Waals surface area contributed by atoms with E-state index < -0.39 is 54.6 Å². The fourth-order valence-corrected chi connectivity index (χ4v) is 2.23. The maximum absolute atomic E-state index is 11.7. The normalized spacial score (nSPS) is 33.9. The molecular formula is C12H14O9. The predicted molar refractivity (Wildman–Crippen MR) is 61.4 cm³/mol. The van der Waals surface area contributed by atoms with Crippen LogP contribution in [0, 0.1) is 0 Å². The summed E-state index contributed by atoms with van der Waals surface area (Å²) >= 11 is 0. The maximum Gasteiger partial charge on any atom is 0.350 e. The van der Waals surface area contributed by atoms with Gasteiger partial charge in [-0.3, -0.25) is 14.4 Å². The molecule has 0 saturated carbocycles. The Labute approximate surface area is 119 Å². The van der Waals surface area contributed by atoms with Crippen molar-refractivity contribution in [1.82, 2.24) is 0 Å². The van der Waals surface area contributed by atoms with Crippen LogP contribution in [0.4, 0.5) is 0 Å². The van der Waals surface area contributed by atoms with E-state index in [0.29, 0.717) is 0 Å². The minimum absolute atomic E-state index is 0.659. The number of carbonyl (C=O) groups is 4. The molecular weight excluding hydrogens is 288 g/mol. The highest BCUT2D eigenvalue weighted by Crippen LogP contribution is 2.35. The summed E-state index contributed by atoms with van der Waals surface area (Å²) in [5.41, 5.74) is 0. The molecule has 2 aliphatic heterocycles. The van der Waals surface area contributed by atoms with Crippen LogP contribution in [0.1, 0.15) is 20.8 Å². The van der Waals surface area contributed by atoms with E-state index in [4.69, 9.17) is 23.7 Å². The molecule has 116 valence electrons. The van der Waals surface area contributed by atoms with Crippen LogP contribution in [0.2, 0.25) is 0 Å². The molecule has 1 unspecified atom stereocenters. The Hall–Kier alpha value is -2.16. The lowest BCUT2D eigenvalue weighted by molar-refractivity contribution is -0.205. The van der Waals surface area contributed by atoms with Gasteiger partial charge in [-0.1, -0.05) is 0 Å². The summed E-state index contributed by atoms with van der Waals surface area (Å²) in [5, 5.41) is 0. The Morgan fingerprint density at radius 2 is 1.48 bits per heavy atom. The van der Waals surface area contributed by atoms with Crippen LogP contribution in [0.15, 0.2) is 0 Å². The van der Waals surface area contributed by atoms with Crippen LogP contribution in [0.5, 0.6) is 0 Å². The Morgan fingerprint density at radius 1 is 0.905 bits per heavy atom. The third-order valence-corrected chi connectivity index (χ3v) is 2.87. The number of fused-ring (bicyclic) bond motifs is 1. The fraction of sp³-hybridized carbons (Fsp3) is 0.667. The molecule has 9 nitrogen and oxygen atoms in total. The van der Waals surface area contributed by atoms with Gasteiger partial charge in [0, 0.05) is 20.8 Å². The molecule has 0 spiro atoms. The van der Waals surface area contributed by atoms with Gasteiger partial charge in [0.05, 0.1) is 0 Å². The van der Waals surface area contributed by atoms with Gasteiger partial charge < -0.3 is 23.7 Å². The van der Waals surface area contributed by atoms with Gasteiger partial charge in [0.1, 0.15) is 0 Å². The second-order valence-electron chi connectivity index (χ2n) is 4.58. The third kappa shape index (κ3) is 3.13. The number of hydrogen-bond donors (Lipinski definition) is 0. The SMILES string of the molecule is CC(=O)OC1C(=O)O[C@@H]2[C@@H](OC(C)=O)[C@H](OC(C)=O)O[C@H]12. The molecule has 0 radical (unpaired) electrons. The Bertz CT molecular complexity index is 485. The summed E-state index contributed by atoms with van der Waals surface area (Å²) in [6.07, 6.45) is -5.63. The van der Waals surface area contributed by atoms with Gasteiger partial charge in [0.15, 0.2) is 12.2 Å². The lowest BCUT2D eigenvalue weighted by Gasteiger charge is -2.20. The monoisotopic (exact) mass is 302 g/mol. The Kier molecular flexibility index (Phi) is 4.12. The van der Waals surface area contributed by atoms with Gasteiger partial charge in [-0.05, 0) is 0 Å². The van der Waals surface area contributed by atoms with Crippen molar-refractivity contribution < 1.29 is 42.9 Å². The predicted octanol–water partition coefficient (Wildman–Crippen LogP) is -0.937. The first-order valence-corrected chi connectivity index (χ1v) is 6.17. The average Bonchev–Trinajstić information content (AvgIpc) is 2.78. The quantitative estimate of drug-likeness (QED) is 0.481. The molecule has 21 heavy (non-hydrogen) atoms. The molecule has 0 aromatic rings. The Balaban J connectivity index is 2.19. The molecule has 2 heterocycles. The van der Waals surface area contributed by atoms with Gasteiger partial charge in [0.25, 0.3) is 0 Å². The van der Waals surface area contributed by atoms with Crippen LogP contribution in [0.25, 0.3) is 0 Å². The zero-order valence-electron chi connectivity index (χ0n) is 11.6. The van der Waals surface area contributed by atoms with Crippen LogP contribution >= 0.6 is 0 Å². The molecule has 0 aromatic heterocycles. The van der Waals surface area contributed by atoms with Crippen molar-refractivity contribution in [2.45, 2.75) is 51.5 Å². The molecule has 5 atom stereocenters. The summed E-state index contributed by atoms with van der Waals surface area (Å²) < 4.78 is 25.1. The molecule has 0 aliphatic carbocycles. The number of carbonyl (C=O) groups excluding carboxylic acids is 4. The highest BCUT2D eigenvalue weighted by molar-refractivity contribution is 5.82. The van der Waals surface area contributed by atoms with Gasteiger partial charge in [-0.25, -0.2) is 4.79 Å². The van der Waals surface area contributed by atoms with E-state index in [1.54, 1.807) is 0 Å². The first-order chi connectivity index (χ1) is 9.79. The zero-order chi connectivity index (χ0) is 15.7. The first-order valence-electron chi connectivity index (χ1n) is 6.17. The van der Waals surface area contributed by atoms with Crippen molar-refractivity contribution in [3.05, 3.63) is 0 Å². The number of esters is 4. The van der Waals surface area contributed by atoms with E-state index in [0.717, 1.165) is 20.8 Å². The van der Waals surface area contributed by atoms with E-state index in [2.05, 4.69) is 0 Å². The molecule has 2 fully saturated rings. The van der Waals surface area contributed by atoms with Crippen molar-refractivity contribution >= 4 is 23.9 Å². The zero-order valence-corrected chi connectivity index (χ0v) is 11.6. The van der Waals surface area contributed by atoms with Crippen molar-refractivity contribution in [3.8, 4) is 0 Å². The van der Waals surface area contributed by atoms with Crippen LogP contribution in [-0.4, -0.2) is 54.6 Å². The molecule has 2 aliphatic rings.